The molecule has 0 bridgehead atoms. The number of hydrogen-bond acceptors (Lipinski definition) is 15. The van der Waals surface area contributed by atoms with Crippen molar-refractivity contribution in [1.82, 2.24) is 0 Å². The van der Waals surface area contributed by atoms with Gasteiger partial charge in [0.05, 0.1) is 26.4 Å². The lowest BCUT2D eigenvalue weighted by molar-refractivity contribution is -0.161. The highest BCUT2D eigenvalue weighted by atomic mass is 31.2. The average Bonchev–Trinajstić information content (AvgIpc) is 3.46. The predicted octanol–water partition coefficient (Wildman–Crippen LogP) is 18.3. The second-order valence-corrected chi connectivity index (χ2v) is 28.2. The Labute approximate surface area is 517 Å². The van der Waals surface area contributed by atoms with Crippen LogP contribution in [0.1, 0.15) is 325 Å². The maximum absolute atomic E-state index is 13.0. The van der Waals surface area contributed by atoms with Gasteiger partial charge in [0.15, 0.2) is 12.2 Å². The van der Waals surface area contributed by atoms with Gasteiger partial charge in [0.2, 0.25) is 0 Å². The lowest BCUT2D eigenvalue weighted by Gasteiger charge is -2.21. The minimum absolute atomic E-state index is 0.103. The number of carbonyl (C=O) groups excluding carboxylic acids is 4. The van der Waals surface area contributed by atoms with E-state index in [4.69, 9.17) is 37.0 Å². The molecule has 0 saturated carbocycles. The Morgan fingerprint density at radius 1 is 0.318 bits per heavy atom. The molecule has 19 heteroatoms. The highest BCUT2D eigenvalue weighted by Gasteiger charge is 2.30. The van der Waals surface area contributed by atoms with Gasteiger partial charge in [-0.15, -0.1) is 0 Å². The first kappa shape index (κ1) is 83.1. The molecule has 0 saturated heterocycles. The van der Waals surface area contributed by atoms with E-state index < -0.39 is 97.5 Å². The second-order valence-electron chi connectivity index (χ2n) is 25.3. The van der Waals surface area contributed by atoms with Crippen LogP contribution in [0.3, 0.4) is 0 Å². The summed E-state index contributed by atoms with van der Waals surface area (Å²) in [6, 6.07) is 0. The first-order valence-corrected chi connectivity index (χ1v) is 37.3. The number of hydrogen-bond donors (Lipinski definition) is 3. The summed E-state index contributed by atoms with van der Waals surface area (Å²) < 4.78 is 68.1. The second kappa shape index (κ2) is 57.2. The molecular weight excluding hydrogens is 1130 g/mol. The molecule has 504 valence electrons. The predicted molar refractivity (Wildman–Crippen MR) is 340 cm³/mol. The minimum Gasteiger partial charge on any atom is -0.462 e. The quantitative estimate of drug-likeness (QED) is 0.0222. The summed E-state index contributed by atoms with van der Waals surface area (Å²) in [6.45, 7) is 11.7. The third-order valence-corrected chi connectivity index (χ3v) is 17.0. The van der Waals surface area contributed by atoms with Gasteiger partial charge in [-0.05, 0) is 43.4 Å². The number of aliphatic hydroxyl groups is 1. The molecule has 0 amide bonds. The van der Waals surface area contributed by atoms with E-state index in [9.17, 15) is 43.2 Å². The largest absolute Gasteiger partial charge is 0.472 e. The van der Waals surface area contributed by atoms with E-state index in [1.807, 2.05) is 0 Å². The van der Waals surface area contributed by atoms with Crippen LogP contribution in [0.15, 0.2) is 0 Å². The molecule has 85 heavy (non-hydrogen) atoms. The van der Waals surface area contributed by atoms with Crippen molar-refractivity contribution in [2.75, 3.05) is 39.6 Å². The summed E-state index contributed by atoms with van der Waals surface area (Å²) in [5.74, 6) is 0.0149. The Morgan fingerprint density at radius 2 is 0.541 bits per heavy atom. The fourth-order valence-corrected chi connectivity index (χ4v) is 11.4. The Bertz CT molecular complexity index is 1680. The fourth-order valence-electron chi connectivity index (χ4n) is 9.83. The molecule has 0 fully saturated rings. The van der Waals surface area contributed by atoms with Crippen molar-refractivity contribution >= 4 is 39.5 Å². The van der Waals surface area contributed by atoms with Crippen molar-refractivity contribution in [2.45, 2.75) is 343 Å². The lowest BCUT2D eigenvalue weighted by atomic mass is 10.0. The summed E-state index contributed by atoms with van der Waals surface area (Å²) in [6.07, 6.45) is 39.1. The van der Waals surface area contributed by atoms with Crippen LogP contribution < -0.4 is 0 Å². The Morgan fingerprint density at radius 3 is 0.800 bits per heavy atom. The molecule has 0 rings (SSSR count). The van der Waals surface area contributed by atoms with Gasteiger partial charge in [0.25, 0.3) is 0 Å². The third-order valence-electron chi connectivity index (χ3n) is 15.1. The summed E-state index contributed by atoms with van der Waals surface area (Å²) in [7, 11) is -9.89. The molecule has 5 atom stereocenters. The smallest absolute Gasteiger partial charge is 0.462 e. The van der Waals surface area contributed by atoms with Gasteiger partial charge < -0.3 is 33.8 Å². The van der Waals surface area contributed by atoms with E-state index in [1.165, 1.54) is 128 Å². The molecule has 0 aromatic heterocycles. The van der Waals surface area contributed by atoms with E-state index in [1.54, 1.807) is 0 Å². The zero-order valence-electron chi connectivity index (χ0n) is 55.1. The summed E-state index contributed by atoms with van der Waals surface area (Å²) in [4.78, 5) is 72.3. The van der Waals surface area contributed by atoms with Gasteiger partial charge in [0.1, 0.15) is 19.3 Å². The Balaban J connectivity index is 5.25. The van der Waals surface area contributed by atoms with Gasteiger partial charge in [-0.3, -0.25) is 37.3 Å². The van der Waals surface area contributed by atoms with E-state index in [0.717, 1.165) is 108 Å². The molecule has 2 unspecified atom stereocenters. The molecule has 0 heterocycles. The molecule has 0 aromatic rings. The first-order chi connectivity index (χ1) is 40.7. The van der Waals surface area contributed by atoms with Gasteiger partial charge in [-0.25, -0.2) is 9.13 Å². The number of rotatable bonds is 64. The standard InChI is InChI=1S/C66H128O17P2/c1-8-9-10-11-12-13-14-15-19-25-33-40-47-63(68)76-53-61(82-65(70)49-42-35-26-20-17-16-18-23-30-37-44-57(2)3)55-80-84(72,73)78-51-60(67)52-79-85(74,75)81-56-62(54-77-64(69)48-41-34-29-28-32-39-46-59(6)7)83-66(71)50-43-36-27-22-21-24-31-38-45-58(4)5/h57-62,67H,8-56H2,1-7H3,(H,72,73)(H,74,75)/t60-,61-,62-/m1/s1. The lowest BCUT2D eigenvalue weighted by Crippen LogP contribution is -2.30. The zero-order valence-corrected chi connectivity index (χ0v) is 56.9. The molecule has 17 nitrogen and oxygen atoms in total. The van der Waals surface area contributed by atoms with Crippen LogP contribution in [0.25, 0.3) is 0 Å². The van der Waals surface area contributed by atoms with Gasteiger partial charge >= 0.3 is 39.5 Å². The summed E-state index contributed by atoms with van der Waals surface area (Å²) in [5, 5.41) is 10.5. The molecule has 0 aliphatic heterocycles. The molecule has 3 N–H and O–H groups in total. The number of carbonyl (C=O) groups is 4. The number of esters is 4. The molecule has 0 aromatic carbocycles. The van der Waals surface area contributed by atoms with Crippen molar-refractivity contribution in [3.05, 3.63) is 0 Å². The van der Waals surface area contributed by atoms with Crippen molar-refractivity contribution < 1.29 is 80.2 Å². The van der Waals surface area contributed by atoms with Crippen LogP contribution >= 0.6 is 15.6 Å². The van der Waals surface area contributed by atoms with Crippen molar-refractivity contribution in [3.8, 4) is 0 Å². The van der Waals surface area contributed by atoms with Crippen molar-refractivity contribution in [2.24, 2.45) is 17.8 Å². The van der Waals surface area contributed by atoms with Gasteiger partial charge in [0, 0.05) is 25.7 Å². The van der Waals surface area contributed by atoms with Crippen LogP contribution in [-0.2, 0) is 65.4 Å². The minimum atomic E-state index is -4.95. The average molecular weight is 1260 g/mol. The number of phosphoric ester groups is 2. The topological polar surface area (TPSA) is 237 Å². The maximum atomic E-state index is 13.0. The SMILES string of the molecule is CCCCCCCCCCCCCCC(=O)OC[C@H](COP(=O)(O)OC[C@@H](O)COP(=O)(O)OC[C@@H](COC(=O)CCCCCCCCC(C)C)OC(=O)CCCCCCCCCCC(C)C)OC(=O)CCCCCCCCCCCCC(C)C. The van der Waals surface area contributed by atoms with E-state index in [-0.39, 0.29) is 25.7 Å². The summed E-state index contributed by atoms with van der Waals surface area (Å²) >= 11 is 0. The van der Waals surface area contributed by atoms with Crippen LogP contribution in [0.2, 0.25) is 0 Å². The fraction of sp³-hybridized carbons (Fsp3) is 0.939. The van der Waals surface area contributed by atoms with Crippen LogP contribution in [0, 0.1) is 17.8 Å². The zero-order chi connectivity index (χ0) is 63.1. The molecule has 0 aliphatic carbocycles. The van der Waals surface area contributed by atoms with Crippen molar-refractivity contribution in [3.63, 3.8) is 0 Å². The van der Waals surface area contributed by atoms with Gasteiger partial charge in [-0.1, -0.05) is 273 Å². The number of phosphoric acid groups is 2. The molecule has 0 spiro atoms. The number of aliphatic hydroxyl groups excluding tert-OH is 1. The maximum Gasteiger partial charge on any atom is 0.472 e. The Kier molecular flexibility index (Phi) is 55.9. The van der Waals surface area contributed by atoms with E-state index >= 15 is 0 Å². The van der Waals surface area contributed by atoms with Crippen molar-refractivity contribution in [1.29, 1.82) is 0 Å². The molecule has 0 aliphatic rings. The Hall–Kier alpha value is -1.94. The normalized spacial score (nSPS) is 14.3. The van der Waals surface area contributed by atoms with E-state index in [2.05, 4.69) is 48.5 Å². The molecule has 0 radical (unpaired) electrons. The molecular formula is C66H128O17P2. The number of ether oxygens (including phenoxy) is 4. The highest BCUT2D eigenvalue weighted by Crippen LogP contribution is 2.45. The first-order valence-electron chi connectivity index (χ1n) is 34.3. The monoisotopic (exact) mass is 1250 g/mol. The highest BCUT2D eigenvalue weighted by molar-refractivity contribution is 7.47. The van der Waals surface area contributed by atoms with Gasteiger partial charge in [-0.2, -0.15) is 0 Å². The van der Waals surface area contributed by atoms with E-state index in [0.29, 0.717) is 31.6 Å². The third kappa shape index (κ3) is 60.7. The number of unbranched alkanes of at least 4 members (excludes halogenated alkanes) is 32. The summed E-state index contributed by atoms with van der Waals surface area (Å²) in [5.41, 5.74) is 0. The van der Waals surface area contributed by atoms with Crippen LogP contribution in [-0.4, -0.2) is 96.7 Å². The van der Waals surface area contributed by atoms with Crippen LogP contribution in [0.5, 0.6) is 0 Å². The van der Waals surface area contributed by atoms with Crippen LogP contribution in [0.4, 0.5) is 0 Å².